The van der Waals surface area contributed by atoms with Gasteiger partial charge in [0.25, 0.3) is 0 Å². The summed E-state index contributed by atoms with van der Waals surface area (Å²) in [5.74, 6) is 0.180. The third kappa shape index (κ3) is 3.10. The monoisotopic (exact) mass is 318 g/mol. The van der Waals surface area contributed by atoms with Gasteiger partial charge in [-0.15, -0.1) is 0 Å². The first-order valence-electron chi connectivity index (χ1n) is 7.08. The molecule has 0 amide bonds. The lowest BCUT2D eigenvalue weighted by Crippen LogP contribution is -2.37. The first-order valence-corrected chi connectivity index (χ1v) is 8.68. The number of nitrogens with zero attached hydrogens (tertiary/aromatic N) is 3. The lowest BCUT2D eigenvalue weighted by atomic mass is 10.1. The van der Waals surface area contributed by atoms with Crippen molar-refractivity contribution in [2.24, 2.45) is 0 Å². The number of hydrogen-bond acceptors (Lipinski definition) is 5. The summed E-state index contributed by atoms with van der Waals surface area (Å²) in [6, 6.07) is 7.55. The normalized spacial score (nSPS) is 15.5. The highest BCUT2D eigenvalue weighted by atomic mass is 32.2. The fraction of sp³-hybridized carbons (Fsp3) is 0.333. The smallest absolute Gasteiger partial charge is 0.220 e. The highest BCUT2D eigenvalue weighted by Crippen LogP contribution is 2.21. The van der Waals surface area contributed by atoms with Crippen LogP contribution in [0.25, 0.3) is 0 Å². The molecular formula is C15H18N4O2S. The molecule has 1 aromatic heterocycles. The Labute approximate surface area is 130 Å². The molecule has 6 nitrogen and oxygen atoms in total. The SMILES string of the molecule is Cc1ccc(CS(=O)(=O)N2CCc3cnc(N)nc3C2)cc1. The molecule has 2 aromatic rings. The molecule has 0 unspecified atom stereocenters. The van der Waals surface area contributed by atoms with Crippen molar-refractivity contribution < 1.29 is 8.42 Å². The number of aromatic nitrogens is 2. The molecule has 2 heterocycles. The molecule has 0 radical (unpaired) electrons. The van der Waals surface area contributed by atoms with Gasteiger partial charge >= 0.3 is 0 Å². The number of rotatable bonds is 3. The van der Waals surface area contributed by atoms with Crippen molar-refractivity contribution in [2.45, 2.75) is 25.6 Å². The van der Waals surface area contributed by atoms with Gasteiger partial charge in [0.05, 0.1) is 18.0 Å². The number of anilines is 1. The summed E-state index contributed by atoms with van der Waals surface area (Å²) in [7, 11) is -3.37. The number of fused-ring (bicyclic) bond motifs is 1. The van der Waals surface area contributed by atoms with Gasteiger partial charge in [0.1, 0.15) is 0 Å². The molecule has 116 valence electrons. The molecule has 0 aliphatic carbocycles. The predicted molar refractivity (Wildman–Crippen MR) is 84.4 cm³/mol. The van der Waals surface area contributed by atoms with E-state index in [1.165, 1.54) is 4.31 Å². The van der Waals surface area contributed by atoms with E-state index < -0.39 is 10.0 Å². The van der Waals surface area contributed by atoms with Gasteiger partial charge in [0.2, 0.25) is 16.0 Å². The van der Waals surface area contributed by atoms with Crippen molar-refractivity contribution in [1.29, 1.82) is 0 Å². The molecule has 0 fully saturated rings. The first-order chi connectivity index (χ1) is 10.4. The molecule has 3 rings (SSSR count). The maximum atomic E-state index is 12.6. The van der Waals surface area contributed by atoms with E-state index in [1.54, 1.807) is 6.20 Å². The largest absolute Gasteiger partial charge is 0.368 e. The summed E-state index contributed by atoms with van der Waals surface area (Å²) in [5, 5.41) is 0. The number of nitrogens with two attached hydrogens (primary N) is 1. The third-order valence-corrected chi connectivity index (χ3v) is 5.59. The van der Waals surface area contributed by atoms with E-state index in [0.29, 0.717) is 18.7 Å². The van der Waals surface area contributed by atoms with Gasteiger partial charge < -0.3 is 5.73 Å². The van der Waals surface area contributed by atoms with E-state index in [2.05, 4.69) is 9.97 Å². The quantitative estimate of drug-likeness (QED) is 0.920. The minimum Gasteiger partial charge on any atom is -0.368 e. The molecule has 1 aliphatic heterocycles. The molecule has 0 bridgehead atoms. The minimum atomic E-state index is -3.37. The first kappa shape index (κ1) is 14.9. The van der Waals surface area contributed by atoms with Crippen molar-refractivity contribution in [3.05, 3.63) is 52.8 Å². The van der Waals surface area contributed by atoms with Crippen LogP contribution in [0.15, 0.2) is 30.5 Å². The summed E-state index contributed by atoms with van der Waals surface area (Å²) in [5.41, 5.74) is 9.15. The fourth-order valence-corrected chi connectivity index (χ4v) is 4.00. The zero-order valence-electron chi connectivity index (χ0n) is 12.4. The fourth-order valence-electron chi connectivity index (χ4n) is 2.52. The Balaban J connectivity index is 1.80. The number of aryl methyl sites for hydroxylation is 1. The zero-order chi connectivity index (χ0) is 15.7. The van der Waals surface area contributed by atoms with Crippen molar-refractivity contribution in [3.8, 4) is 0 Å². The van der Waals surface area contributed by atoms with Crippen LogP contribution in [-0.4, -0.2) is 29.2 Å². The molecule has 0 spiro atoms. The number of hydrogen-bond donors (Lipinski definition) is 1. The Bertz CT molecular complexity index is 788. The summed E-state index contributed by atoms with van der Waals surface area (Å²) in [6.45, 7) is 2.69. The summed E-state index contributed by atoms with van der Waals surface area (Å²) in [6.07, 6.45) is 2.30. The Morgan fingerprint density at radius 1 is 1.27 bits per heavy atom. The Morgan fingerprint density at radius 2 is 2.00 bits per heavy atom. The van der Waals surface area contributed by atoms with Crippen LogP contribution in [0, 0.1) is 6.92 Å². The average Bonchev–Trinajstić information content (AvgIpc) is 2.48. The maximum Gasteiger partial charge on any atom is 0.220 e. The van der Waals surface area contributed by atoms with E-state index in [-0.39, 0.29) is 18.2 Å². The molecule has 22 heavy (non-hydrogen) atoms. The van der Waals surface area contributed by atoms with E-state index in [9.17, 15) is 8.42 Å². The topological polar surface area (TPSA) is 89.2 Å². The molecule has 1 aromatic carbocycles. The molecule has 0 atom stereocenters. The highest BCUT2D eigenvalue weighted by molar-refractivity contribution is 7.88. The number of nitrogen functional groups attached to an aromatic ring is 1. The van der Waals surface area contributed by atoms with Gasteiger partial charge in [-0.1, -0.05) is 29.8 Å². The summed E-state index contributed by atoms with van der Waals surface area (Å²) < 4.78 is 26.6. The van der Waals surface area contributed by atoms with Crippen molar-refractivity contribution in [2.75, 3.05) is 12.3 Å². The van der Waals surface area contributed by atoms with Gasteiger partial charge in [0, 0.05) is 12.7 Å². The standard InChI is InChI=1S/C15H18N4O2S/c1-11-2-4-12(5-3-11)10-22(20,21)19-7-6-13-8-17-15(16)18-14(13)9-19/h2-5,8H,6-7,9-10H2,1H3,(H2,16,17,18). The van der Waals surface area contributed by atoms with E-state index in [0.717, 1.165) is 16.7 Å². The van der Waals surface area contributed by atoms with Crippen LogP contribution in [0.4, 0.5) is 5.95 Å². The Kier molecular flexibility index (Phi) is 3.84. The van der Waals surface area contributed by atoms with E-state index >= 15 is 0 Å². The van der Waals surface area contributed by atoms with E-state index in [4.69, 9.17) is 5.73 Å². The van der Waals surface area contributed by atoms with Crippen molar-refractivity contribution >= 4 is 16.0 Å². The van der Waals surface area contributed by atoms with Gasteiger partial charge in [0.15, 0.2) is 0 Å². The van der Waals surface area contributed by atoms with Gasteiger partial charge in [-0.2, -0.15) is 4.31 Å². The van der Waals surface area contributed by atoms with Crippen molar-refractivity contribution in [1.82, 2.24) is 14.3 Å². The molecule has 2 N–H and O–H groups in total. The van der Waals surface area contributed by atoms with Crippen LogP contribution in [-0.2, 0) is 28.7 Å². The highest BCUT2D eigenvalue weighted by Gasteiger charge is 2.28. The molecule has 0 saturated heterocycles. The Hall–Kier alpha value is -1.99. The Morgan fingerprint density at radius 3 is 2.73 bits per heavy atom. The van der Waals surface area contributed by atoms with Crippen LogP contribution < -0.4 is 5.73 Å². The molecule has 1 aliphatic rings. The molecular weight excluding hydrogens is 300 g/mol. The van der Waals surface area contributed by atoms with Crippen LogP contribution >= 0.6 is 0 Å². The molecule has 0 saturated carbocycles. The predicted octanol–water partition coefficient (Wildman–Crippen LogP) is 1.26. The van der Waals surface area contributed by atoms with Crippen LogP contribution in [0.5, 0.6) is 0 Å². The third-order valence-electron chi connectivity index (χ3n) is 3.79. The summed E-state index contributed by atoms with van der Waals surface area (Å²) >= 11 is 0. The van der Waals surface area contributed by atoms with Gasteiger partial charge in [-0.3, -0.25) is 0 Å². The average molecular weight is 318 g/mol. The van der Waals surface area contributed by atoms with Crippen LogP contribution in [0.3, 0.4) is 0 Å². The zero-order valence-corrected chi connectivity index (χ0v) is 13.2. The van der Waals surface area contributed by atoms with Crippen molar-refractivity contribution in [3.63, 3.8) is 0 Å². The van der Waals surface area contributed by atoms with Crippen LogP contribution in [0.1, 0.15) is 22.4 Å². The second-order valence-electron chi connectivity index (χ2n) is 5.53. The second-order valence-corrected chi connectivity index (χ2v) is 7.49. The van der Waals surface area contributed by atoms with Gasteiger partial charge in [-0.25, -0.2) is 18.4 Å². The van der Waals surface area contributed by atoms with Gasteiger partial charge in [-0.05, 0) is 24.5 Å². The minimum absolute atomic E-state index is 0.00315. The maximum absolute atomic E-state index is 12.6. The second kappa shape index (κ2) is 5.66. The number of sulfonamides is 1. The lowest BCUT2D eigenvalue weighted by Gasteiger charge is -2.27. The molecule has 7 heteroatoms. The van der Waals surface area contributed by atoms with Crippen LogP contribution in [0.2, 0.25) is 0 Å². The summed E-state index contributed by atoms with van der Waals surface area (Å²) in [4.78, 5) is 8.11. The number of benzene rings is 1. The lowest BCUT2D eigenvalue weighted by molar-refractivity contribution is 0.384. The van der Waals surface area contributed by atoms with E-state index in [1.807, 2.05) is 31.2 Å².